The van der Waals surface area contributed by atoms with E-state index in [0.29, 0.717) is 5.88 Å². The molecule has 0 aliphatic heterocycles. The molecule has 0 aliphatic carbocycles. The van der Waals surface area contributed by atoms with Gasteiger partial charge in [0.05, 0.1) is 7.11 Å². The van der Waals surface area contributed by atoms with E-state index in [2.05, 4.69) is 14.7 Å². The van der Waals surface area contributed by atoms with Crippen LogP contribution >= 0.6 is 11.3 Å². The largest absolute Gasteiger partial charge is 0.480 e. The fraction of sp³-hybridized carbons (Fsp3) is 0.583. The van der Waals surface area contributed by atoms with Crippen LogP contribution in [0, 0.1) is 0 Å². The lowest BCUT2D eigenvalue weighted by molar-refractivity contribution is 0.283. The first-order chi connectivity index (χ1) is 8.86. The molecule has 0 aliphatic rings. The van der Waals surface area contributed by atoms with Crippen LogP contribution < -0.4 is 10.1 Å². The summed E-state index contributed by atoms with van der Waals surface area (Å²) in [6.45, 7) is 1.98. The lowest BCUT2D eigenvalue weighted by atomic mass is 10.2. The fourth-order valence-corrected chi connectivity index (χ4v) is 2.61. The third-order valence-corrected chi connectivity index (χ3v) is 3.58. The molecule has 0 aromatic carbocycles. The van der Waals surface area contributed by atoms with Crippen molar-refractivity contribution in [3.8, 4) is 5.88 Å². The number of nitrogens with zero attached hydrogens (tertiary/aromatic N) is 2. The first-order valence-corrected chi connectivity index (χ1v) is 7.04. The summed E-state index contributed by atoms with van der Waals surface area (Å²) in [5.74, 6) is 0.699. The Balaban J connectivity index is 1.88. The van der Waals surface area contributed by atoms with Gasteiger partial charge in [0.2, 0.25) is 5.88 Å². The number of methoxy groups -OCH3 is 1. The minimum absolute atomic E-state index is 0.284. The molecule has 0 saturated heterocycles. The number of unbranched alkanes of at least 4 members (excludes halogenated alkanes) is 2. The van der Waals surface area contributed by atoms with Gasteiger partial charge in [-0.1, -0.05) is 0 Å². The summed E-state index contributed by atoms with van der Waals surface area (Å²) in [5, 5.41) is 14.1. The van der Waals surface area contributed by atoms with Crippen LogP contribution in [-0.2, 0) is 6.54 Å². The third kappa shape index (κ3) is 3.01. The zero-order chi connectivity index (χ0) is 12.8. The Bertz CT molecular complexity index is 481. The van der Waals surface area contributed by atoms with Crippen molar-refractivity contribution in [1.29, 1.82) is 0 Å². The molecule has 0 unspecified atom stereocenters. The van der Waals surface area contributed by atoms with Crippen LogP contribution in [0.15, 0.2) is 11.6 Å². The number of hydrogen-bond donors (Lipinski definition) is 2. The van der Waals surface area contributed by atoms with Gasteiger partial charge in [0.15, 0.2) is 4.96 Å². The minimum atomic E-state index is 0.284. The van der Waals surface area contributed by atoms with Crippen molar-refractivity contribution in [3.05, 3.63) is 17.3 Å². The fourth-order valence-electron chi connectivity index (χ4n) is 1.88. The monoisotopic (exact) mass is 269 g/mol. The van der Waals surface area contributed by atoms with Crippen molar-refractivity contribution in [2.24, 2.45) is 0 Å². The van der Waals surface area contributed by atoms with Crippen molar-refractivity contribution in [3.63, 3.8) is 0 Å². The first-order valence-electron chi connectivity index (χ1n) is 6.17. The smallest absolute Gasteiger partial charge is 0.237 e. The summed E-state index contributed by atoms with van der Waals surface area (Å²) in [7, 11) is 1.65. The van der Waals surface area contributed by atoms with E-state index in [1.807, 2.05) is 11.6 Å². The number of imidazole rings is 1. The highest BCUT2D eigenvalue weighted by molar-refractivity contribution is 7.15. The van der Waals surface area contributed by atoms with E-state index in [1.54, 1.807) is 18.4 Å². The molecule has 2 aromatic rings. The van der Waals surface area contributed by atoms with Gasteiger partial charge in [-0.15, -0.1) is 11.3 Å². The standard InChI is InChI=1S/C12H19N3O2S/c1-17-11-10(9-13-5-3-2-4-7-16)15-6-8-18-12(15)14-11/h6,8,13,16H,2-5,7,9H2,1H3. The average Bonchev–Trinajstić information content (AvgIpc) is 2.94. The SMILES string of the molecule is COc1nc2sccn2c1CNCCCCCO. The molecule has 2 rings (SSSR count). The van der Waals surface area contributed by atoms with Gasteiger partial charge in [-0.05, 0) is 25.8 Å². The molecule has 100 valence electrons. The highest BCUT2D eigenvalue weighted by Gasteiger charge is 2.12. The van der Waals surface area contributed by atoms with Gasteiger partial charge in [-0.2, -0.15) is 4.98 Å². The molecule has 6 heteroatoms. The molecule has 0 fully saturated rings. The summed E-state index contributed by atoms with van der Waals surface area (Å²) < 4.78 is 7.35. The molecular formula is C12H19N3O2S. The molecule has 0 bridgehead atoms. The number of rotatable bonds is 8. The Morgan fingerprint density at radius 3 is 3.11 bits per heavy atom. The molecule has 0 radical (unpaired) electrons. The Morgan fingerprint density at radius 1 is 1.44 bits per heavy atom. The number of hydrogen-bond acceptors (Lipinski definition) is 5. The average molecular weight is 269 g/mol. The maximum Gasteiger partial charge on any atom is 0.237 e. The van der Waals surface area contributed by atoms with Crippen molar-refractivity contribution in [2.45, 2.75) is 25.8 Å². The van der Waals surface area contributed by atoms with Crippen molar-refractivity contribution in [2.75, 3.05) is 20.3 Å². The van der Waals surface area contributed by atoms with Crippen LogP contribution in [0.2, 0.25) is 0 Å². The van der Waals surface area contributed by atoms with E-state index < -0.39 is 0 Å². The normalized spacial score (nSPS) is 11.2. The molecule has 0 atom stereocenters. The van der Waals surface area contributed by atoms with Gasteiger partial charge in [-0.3, -0.25) is 4.40 Å². The predicted octanol–water partition coefficient (Wildman–Crippen LogP) is 1.66. The second-order valence-electron chi connectivity index (χ2n) is 4.08. The zero-order valence-corrected chi connectivity index (χ0v) is 11.4. The summed E-state index contributed by atoms with van der Waals surface area (Å²) >= 11 is 1.60. The van der Waals surface area contributed by atoms with E-state index in [1.165, 1.54) is 0 Å². The molecule has 5 nitrogen and oxygen atoms in total. The zero-order valence-electron chi connectivity index (χ0n) is 10.6. The highest BCUT2D eigenvalue weighted by atomic mass is 32.1. The predicted molar refractivity (Wildman–Crippen MR) is 72.3 cm³/mol. The van der Waals surface area contributed by atoms with E-state index in [-0.39, 0.29) is 6.61 Å². The molecular weight excluding hydrogens is 250 g/mol. The van der Waals surface area contributed by atoms with Crippen LogP contribution in [0.5, 0.6) is 5.88 Å². The highest BCUT2D eigenvalue weighted by Crippen LogP contribution is 2.22. The first kappa shape index (κ1) is 13.3. The molecule has 0 amide bonds. The van der Waals surface area contributed by atoms with Crippen LogP contribution in [0.1, 0.15) is 25.0 Å². The van der Waals surface area contributed by atoms with Crippen LogP contribution in [0.25, 0.3) is 4.96 Å². The maximum absolute atomic E-state index is 8.69. The second-order valence-corrected chi connectivity index (χ2v) is 4.96. The summed E-state index contributed by atoms with van der Waals surface area (Å²) in [5.41, 5.74) is 1.07. The molecule has 18 heavy (non-hydrogen) atoms. The van der Waals surface area contributed by atoms with E-state index in [4.69, 9.17) is 9.84 Å². The Labute approximate surface area is 110 Å². The van der Waals surface area contributed by atoms with Crippen molar-refractivity contribution in [1.82, 2.24) is 14.7 Å². The van der Waals surface area contributed by atoms with Gasteiger partial charge >= 0.3 is 0 Å². The van der Waals surface area contributed by atoms with E-state index >= 15 is 0 Å². The third-order valence-electron chi connectivity index (χ3n) is 2.82. The van der Waals surface area contributed by atoms with Crippen molar-refractivity contribution < 1.29 is 9.84 Å². The van der Waals surface area contributed by atoms with Crippen LogP contribution in [0.3, 0.4) is 0 Å². The Hall–Kier alpha value is -1.11. The summed E-state index contributed by atoms with van der Waals surface area (Å²) in [6, 6.07) is 0. The molecule has 0 saturated carbocycles. The molecule has 0 spiro atoms. The van der Waals surface area contributed by atoms with Gasteiger partial charge in [0.25, 0.3) is 0 Å². The number of aliphatic hydroxyl groups excluding tert-OH is 1. The van der Waals surface area contributed by atoms with E-state index in [0.717, 1.165) is 43.0 Å². The van der Waals surface area contributed by atoms with Crippen LogP contribution in [0.4, 0.5) is 0 Å². The topological polar surface area (TPSA) is 58.8 Å². The van der Waals surface area contributed by atoms with Gasteiger partial charge < -0.3 is 15.2 Å². The van der Waals surface area contributed by atoms with Gasteiger partial charge in [-0.25, -0.2) is 0 Å². The Morgan fingerprint density at radius 2 is 2.33 bits per heavy atom. The number of aliphatic hydroxyl groups is 1. The van der Waals surface area contributed by atoms with Gasteiger partial charge in [0, 0.05) is 24.7 Å². The van der Waals surface area contributed by atoms with Crippen molar-refractivity contribution >= 4 is 16.3 Å². The molecule has 2 aromatic heterocycles. The number of ether oxygens (including phenoxy) is 1. The number of fused-ring (bicyclic) bond motifs is 1. The Kier molecular flexibility index (Phi) is 4.98. The molecule has 2 N–H and O–H groups in total. The maximum atomic E-state index is 8.69. The summed E-state index contributed by atoms with van der Waals surface area (Å²) in [6.07, 6.45) is 5.03. The summed E-state index contributed by atoms with van der Waals surface area (Å²) in [4.78, 5) is 5.37. The minimum Gasteiger partial charge on any atom is -0.480 e. The van der Waals surface area contributed by atoms with Crippen LogP contribution in [-0.4, -0.2) is 34.8 Å². The number of thiazole rings is 1. The number of nitrogens with one attached hydrogen (secondary N) is 1. The lowest BCUT2D eigenvalue weighted by Gasteiger charge is -2.05. The van der Waals surface area contributed by atoms with E-state index in [9.17, 15) is 0 Å². The molecule has 2 heterocycles. The number of aromatic nitrogens is 2. The van der Waals surface area contributed by atoms with Gasteiger partial charge in [0.1, 0.15) is 5.69 Å². The quantitative estimate of drug-likeness (QED) is 0.716. The second kappa shape index (κ2) is 6.72. The lowest BCUT2D eigenvalue weighted by Crippen LogP contribution is -2.16.